The van der Waals surface area contributed by atoms with E-state index < -0.39 is 11.7 Å². The molecule has 2 aliphatic heterocycles. The monoisotopic (exact) mass is 545 g/mol. The summed E-state index contributed by atoms with van der Waals surface area (Å²) in [5.74, 6) is 0.626. The number of rotatable bonds is 6. The summed E-state index contributed by atoms with van der Waals surface area (Å²) >= 11 is 0. The molecular formula is C26H30F3N7O3. The summed E-state index contributed by atoms with van der Waals surface area (Å²) in [6, 6.07) is 1.63. The van der Waals surface area contributed by atoms with Crippen molar-refractivity contribution < 1.29 is 27.4 Å². The molecule has 0 saturated carbocycles. The molecule has 13 heteroatoms. The zero-order valence-corrected chi connectivity index (χ0v) is 22.0. The Hall–Kier alpha value is -3.87. The van der Waals surface area contributed by atoms with Crippen LogP contribution in [0.15, 0.2) is 24.4 Å². The van der Waals surface area contributed by atoms with Crippen LogP contribution >= 0.6 is 0 Å². The number of anilines is 2. The van der Waals surface area contributed by atoms with Crippen LogP contribution in [0.5, 0.6) is 6.01 Å². The lowest BCUT2D eigenvalue weighted by atomic mass is 9.98. The molecule has 3 aromatic rings. The van der Waals surface area contributed by atoms with Gasteiger partial charge in [-0.25, -0.2) is 0 Å². The number of ether oxygens (including phenoxy) is 2. The molecule has 0 atom stereocenters. The predicted molar refractivity (Wildman–Crippen MR) is 139 cm³/mol. The highest BCUT2D eigenvalue weighted by molar-refractivity contribution is 5.95. The minimum atomic E-state index is -4.53. The van der Waals surface area contributed by atoms with E-state index in [1.807, 2.05) is 0 Å². The van der Waals surface area contributed by atoms with Crippen molar-refractivity contribution in [2.24, 2.45) is 0 Å². The maximum Gasteiger partial charge on any atom is 0.418 e. The highest BCUT2D eigenvalue weighted by Gasteiger charge is 2.39. The van der Waals surface area contributed by atoms with E-state index in [-0.39, 0.29) is 29.7 Å². The van der Waals surface area contributed by atoms with Gasteiger partial charge in [0.05, 0.1) is 48.9 Å². The van der Waals surface area contributed by atoms with E-state index in [1.165, 1.54) is 32.4 Å². The molecule has 0 unspecified atom stereocenters. The van der Waals surface area contributed by atoms with E-state index >= 15 is 0 Å². The van der Waals surface area contributed by atoms with Crippen LogP contribution in [0.1, 0.15) is 22.4 Å². The number of hydrogen-bond donors (Lipinski definition) is 1. The molecular weight excluding hydrogens is 515 g/mol. The first-order chi connectivity index (χ1) is 18.7. The molecule has 1 fully saturated rings. The van der Waals surface area contributed by atoms with Gasteiger partial charge in [0, 0.05) is 56.9 Å². The molecule has 2 aliphatic rings. The number of nitrogens with one attached hydrogen (secondary N) is 1. The zero-order valence-electron chi connectivity index (χ0n) is 22.0. The first-order valence-corrected chi connectivity index (χ1v) is 12.6. The zero-order chi connectivity index (χ0) is 27.7. The Labute approximate surface area is 223 Å². The lowest BCUT2D eigenvalue weighted by molar-refractivity contribution is -0.137. The lowest BCUT2D eigenvalue weighted by Crippen LogP contribution is -2.49. The van der Waals surface area contributed by atoms with E-state index in [4.69, 9.17) is 9.47 Å². The molecule has 0 radical (unpaired) electrons. The van der Waals surface area contributed by atoms with Crippen molar-refractivity contribution in [2.45, 2.75) is 26.1 Å². The standard InChI is InChI=1S/C26H30F3N7O3/c1-16-13-19-18(14-30-33-19)23(22(16)26(27,28)29)36-7-6-17-20(15-36)31-25(39-3)32-24(17)35-10-8-34(9-11-35)21(37)5-4-12-38-2/h4-5,13-14H,6-12,15H2,1-3H3,(H,30,33)/b5-4+. The molecule has 10 nitrogen and oxygen atoms in total. The number of nitrogens with zero attached hydrogens (tertiary/aromatic N) is 6. The highest BCUT2D eigenvalue weighted by atomic mass is 19.4. The maximum atomic E-state index is 14.2. The van der Waals surface area contributed by atoms with E-state index in [0.717, 1.165) is 5.56 Å². The number of carbonyl (C=O) groups is 1. The van der Waals surface area contributed by atoms with Gasteiger partial charge in [-0.2, -0.15) is 28.2 Å². The van der Waals surface area contributed by atoms with Gasteiger partial charge in [-0.3, -0.25) is 9.89 Å². The average molecular weight is 546 g/mol. The van der Waals surface area contributed by atoms with Gasteiger partial charge in [-0.15, -0.1) is 0 Å². The minimum absolute atomic E-state index is 0.0752. The Kier molecular flexibility index (Phi) is 7.34. The SMILES string of the molecule is COC/C=C/C(=O)N1CCN(c2nc(OC)nc3c2CCN(c2c(C(F)(F)F)c(C)cc4[nH]ncc24)C3)CC1. The number of methoxy groups -OCH3 is 2. The number of aryl methyl sites for hydroxylation is 1. The second-order valence-corrected chi connectivity index (χ2v) is 9.55. The molecule has 1 N–H and O–H groups in total. The number of carbonyl (C=O) groups excluding carboxylic acids is 1. The third kappa shape index (κ3) is 5.22. The van der Waals surface area contributed by atoms with Crippen molar-refractivity contribution in [2.75, 3.05) is 63.4 Å². The summed E-state index contributed by atoms with van der Waals surface area (Å²) in [5, 5.41) is 7.21. The number of benzene rings is 1. The topological polar surface area (TPSA) is 99.7 Å². The van der Waals surface area contributed by atoms with Gasteiger partial charge in [0.2, 0.25) is 5.91 Å². The number of aromatic nitrogens is 4. The average Bonchev–Trinajstić information content (AvgIpc) is 3.39. The van der Waals surface area contributed by atoms with Gasteiger partial charge in [-0.1, -0.05) is 6.08 Å². The summed E-state index contributed by atoms with van der Waals surface area (Å²) in [5.41, 5.74) is 1.62. The van der Waals surface area contributed by atoms with Crippen molar-refractivity contribution in [3.8, 4) is 6.01 Å². The number of piperazine rings is 1. The van der Waals surface area contributed by atoms with Crippen LogP contribution < -0.4 is 14.5 Å². The molecule has 4 heterocycles. The van der Waals surface area contributed by atoms with E-state index in [2.05, 4.69) is 25.1 Å². The number of alkyl halides is 3. The van der Waals surface area contributed by atoms with Gasteiger partial charge in [0.25, 0.3) is 0 Å². The normalized spacial score (nSPS) is 16.3. The fraction of sp³-hybridized carbons (Fsp3) is 0.462. The Bertz CT molecular complexity index is 1400. The Balaban J connectivity index is 1.44. The minimum Gasteiger partial charge on any atom is -0.467 e. The van der Waals surface area contributed by atoms with Crippen LogP contribution in [0, 0.1) is 6.92 Å². The van der Waals surface area contributed by atoms with Crippen molar-refractivity contribution in [3.05, 3.63) is 46.8 Å². The van der Waals surface area contributed by atoms with Gasteiger partial charge in [0.15, 0.2) is 0 Å². The fourth-order valence-electron chi connectivity index (χ4n) is 5.31. The van der Waals surface area contributed by atoms with Gasteiger partial charge in [-0.05, 0) is 25.0 Å². The van der Waals surface area contributed by atoms with Crippen LogP contribution in [0.25, 0.3) is 10.9 Å². The molecule has 1 aromatic carbocycles. The third-order valence-electron chi connectivity index (χ3n) is 7.14. The Morgan fingerprint density at radius 3 is 2.59 bits per heavy atom. The Morgan fingerprint density at radius 2 is 1.90 bits per heavy atom. The van der Waals surface area contributed by atoms with Gasteiger partial charge in [0.1, 0.15) is 5.82 Å². The molecule has 1 amide bonds. The van der Waals surface area contributed by atoms with Gasteiger partial charge >= 0.3 is 12.2 Å². The molecule has 0 spiro atoms. The number of amides is 1. The molecule has 39 heavy (non-hydrogen) atoms. The van der Waals surface area contributed by atoms with E-state index in [0.29, 0.717) is 68.2 Å². The summed E-state index contributed by atoms with van der Waals surface area (Å²) in [6.45, 7) is 4.50. The molecule has 2 aromatic heterocycles. The maximum absolute atomic E-state index is 14.2. The number of fused-ring (bicyclic) bond motifs is 2. The summed E-state index contributed by atoms with van der Waals surface area (Å²) in [4.78, 5) is 27.2. The third-order valence-corrected chi connectivity index (χ3v) is 7.14. The first kappa shape index (κ1) is 26.7. The van der Waals surface area contributed by atoms with Crippen LogP contribution in [0.3, 0.4) is 0 Å². The van der Waals surface area contributed by atoms with Crippen molar-refractivity contribution >= 4 is 28.3 Å². The van der Waals surface area contributed by atoms with E-state index in [1.54, 1.807) is 23.0 Å². The summed E-state index contributed by atoms with van der Waals surface area (Å²) in [7, 11) is 3.03. The first-order valence-electron chi connectivity index (χ1n) is 12.6. The van der Waals surface area contributed by atoms with E-state index in [9.17, 15) is 18.0 Å². The quantitative estimate of drug-likeness (QED) is 0.472. The van der Waals surface area contributed by atoms with Crippen LogP contribution in [-0.4, -0.2) is 84.5 Å². The summed E-state index contributed by atoms with van der Waals surface area (Å²) in [6.07, 6.45) is 0.558. The highest BCUT2D eigenvalue weighted by Crippen LogP contribution is 2.44. The van der Waals surface area contributed by atoms with Crippen LogP contribution in [0.2, 0.25) is 0 Å². The van der Waals surface area contributed by atoms with Gasteiger partial charge < -0.3 is 24.2 Å². The van der Waals surface area contributed by atoms with Crippen molar-refractivity contribution in [3.63, 3.8) is 0 Å². The molecule has 5 rings (SSSR count). The van der Waals surface area contributed by atoms with Crippen LogP contribution in [0.4, 0.5) is 24.7 Å². The lowest BCUT2D eigenvalue weighted by Gasteiger charge is -2.38. The molecule has 0 aliphatic carbocycles. The molecule has 0 bridgehead atoms. The summed E-state index contributed by atoms with van der Waals surface area (Å²) < 4.78 is 53.1. The second-order valence-electron chi connectivity index (χ2n) is 9.55. The largest absolute Gasteiger partial charge is 0.467 e. The number of halogens is 3. The molecule has 1 saturated heterocycles. The number of hydrogen-bond acceptors (Lipinski definition) is 8. The predicted octanol–water partition coefficient (Wildman–Crippen LogP) is 3.10. The number of aromatic amines is 1. The van der Waals surface area contributed by atoms with Crippen LogP contribution in [-0.2, 0) is 28.7 Å². The Morgan fingerprint density at radius 1 is 1.13 bits per heavy atom. The smallest absolute Gasteiger partial charge is 0.418 e. The fourth-order valence-corrected chi connectivity index (χ4v) is 5.31. The van der Waals surface area contributed by atoms with Crippen molar-refractivity contribution in [1.82, 2.24) is 25.1 Å². The second kappa shape index (κ2) is 10.7. The molecule has 208 valence electrons. The number of H-pyrrole nitrogens is 1. The van der Waals surface area contributed by atoms with Crippen molar-refractivity contribution in [1.29, 1.82) is 0 Å².